The highest BCUT2D eigenvalue weighted by Crippen LogP contribution is 2.40. The maximum absolute atomic E-state index is 10.7. The van der Waals surface area contributed by atoms with Crippen LogP contribution in [-0.2, 0) is 0 Å². The van der Waals surface area contributed by atoms with Crippen LogP contribution >= 0.6 is 11.6 Å². The number of anilines is 1. The number of rotatable bonds is 4. The maximum Gasteiger partial charge on any atom is 0.271 e. The predicted molar refractivity (Wildman–Crippen MR) is 74.6 cm³/mol. The lowest BCUT2D eigenvalue weighted by atomic mass is 9.85. The lowest BCUT2D eigenvalue weighted by Gasteiger charge is -2.31. The molecular formula is C13H17ClN2O3. The summed E-state index contributed by atoms with van der Waals surface area (Å²) in [7, 11) is 0. The third kappa shape index (κ3) is 2.82. The minimum Gasteiger partial charge on any atom is -0.396 e. The summed E-state index contributed by atoms with van der Waals surface area (Å²) in [6.07, 6.45) is 2.98. The van der Waals surface area contributed by atoms with E-state index in [0.717, 1.165) is 19.3 Å². The first kappa shape index (κ1) is 14.1. The molecule has 0 heterocycles. The maximum atomic E-state index is 10.7. The van der Waals surface area contributed by atoms with E-state index in [2.05, 4.69) is 5.32 Å². The van der Waals surface area contributed by atoms with E-state index in [0.29, 0.717) is 10.7 Å². The van der Waals surface area contributed by atoms with Crippen molar-refractivity contribution in [2.24, 2.45) is 5.41 Å². The molecule has 2 atom stereocenters. The zero-order chi connectivity index (χ0) is 14.0. The van der Waals surface area contributed by atoms with Crippen molar-refractivity contribution < 1.29 is 10.0 Å². The number of hydrogen-bond acceptors (Lipinski definition) is 4. The number of hydrogen-bond donors (Lipinski definition) is 2. The van der Waals surface area contributed by atoms with Crippen molar-refractivity contribution in [1.82, 2.24) is 0 Å². The summed E-state index contributed by atoms with van der Waals surface area (Å²) in [5.41, 5.74) is 0.496. The van der Waals surface area contributed by atoms with Crippen LogP contribution in [0, 0.1) is 15.5 Å². The molecule has 0 amide bonds. The van der Waals surface area contributed by atoms with Crippen molar-refractivity contribution in [3.63, 3.8) is 0 Å². The Morgan fingerprint density at radius 2 is 2.37 bits per heavy atom. The lowest BCUT2D eigenvalue weighted by molar-refractivity contribution is -0.384. The summed E-state index contributed by atoms with van der Waals surface area (Å²) in [6, 6.07) is 4.53. The summed E-state index contributed by atoms with van der Waals surface area (Å²) >= 11 is 6.06. The van der Waals surface area contributed by atoms with Crippen LogP contribution in [0.3, 0.4) is 0 Å². The number of benzene rings is 1. The van der Waals surface area contributed by atoms with Gasteiger partial charge >= 0.3 is 0 Å². The smallest absolute Gasteiger partial charge is 0.271 e. The molecule has 1 aromatic rings. The number of nitro benzene ring substituents is 1. The molecule has 2 rings (SSSR count). The van der Waals surface area contributed by atoms with E-state index in [-0.39, 0.29) is 23.8 Å². The summed E-state index contributed by atoms with van der Waals surface area (Å²) in [6.45, 7) is 2.16. The quantitative estimate of drug-likeness (QED) is 0.657. The fourth-order valence-corrected chi connectivity index (χ4v) is 2.82. The van der Waals surface area contributed by atoms with E-state index >= 15 is 0 Å². The largest absolute Gasteiger partial charge is 0.396 e. The average molecular weight is 285 g/mol. The Balaban J connectivity index is 2.18. The Morgan fingerprint density at radius 3 is 2.95 bits per heavy atom. The van der Waals surface area contributed by atoms with Crippen LogP contribution in [0.25, 0.3) is 0 Å². The van der Waals surface area contributed by atoms with Gasteiger partial charge in [-0.1, -0.05) is 24.9 Å². The Hall–Kier alpha value is -1.33. The molecule has 0 aliphatic heterocycles. The van der Waals surface area contributed by atoms with Crippen molar-refractivity contribution in [3.05, 3.63) is 33.3 Å². The molecule has 0 radical (unpaired) electrons. The highest BCUT2D eigenvalue weighted by atomic mass is 35.5. The van der Waals surface area contributed by atoms with Gasteiger partial charge in [0.1, 0.15) is 0 Å². The second kappa shape index (κ2) is 5.35. The van der Waals surface area contributed by atoms with Crippen LogP contribution in [0.5, 0.6) is 0 Å². The molecule has 5 nitrogen and oxygen atoms in total. The van der Waals surface area contributed by atoms with E-state index in [1.165, 1.54) is 12.1 Å². The molecule has 1 saturated carbocycles. The highest BCUT2D eigenvalue weighted by molar-refractivity contribution is 6.33. The number of nitrogens with zero attached hydrogens (tertiary/aromatic N) is 1. The first-order valence-electron chi connectivity index (χ1n) is 6.27. The fourth-order valence-electron chi connectivity index (χ4n) is 2.59. The zero-order valence-corrected chi connectivity index (χ0v) is 11.5. The molecule has 1 aliphatic carbocycles. The van der Waals surface area contributed by atoms with E-state index in [4.69, 9.17) is 11.6 Å². The molecule has 0 aromatic heterocycles. The van der Waals surface area contributed by atoms with Gasteiger partial charge in [-0.15, -0.1) is 0 Å². The highest BCUT2D eigenvalue weighted by Gasteiger charge is 2.38. The van der Waals surface area contributed by atoms with Gasteiger partial charge in [-0.05, 0) is 18.9 Å². The normalized spacial score (nSPS) is 26.4. The predicted octanol–water partition coefficient (Wildman–Crippen LogP) is 3.21. The van der Waals surface area contributed by atoms with Gasteiger partial charge in [0, 0.05) is 23.6 Å². The zero-order valence-electron chi connectivity index (χ0n) is 10.7. The van der Waals surface area contributed by atoms with Crippen molar-refractivity contribution in [1.29, 1.82) is 0 Å². The topological polar surface area (TPSA) is 75.4 Å². The molecule has 19 heavy (non-hydrogen) atoms. The van der Waals surface area contributed by atoms with Crippen molar-refractivity contribution in [2.45, 2.75) is 32.2 Å². The Labute approximate surface area is 116 Å². The van der Waals surface area contributed by atoms with E-state index in [1.807, 2.05) is 6.92 Å². The van der Waals surface area contributed by atoms with E-state index < -0.39 is 4.92 Å². The fraction of sp³-hybridized carbons (Fsp3) is 0.538. The molecule has 104 valence electrons. The molecule has 0 bridgehead atoms. The molecule has 6 heteroatoms. The van der Waals surface area contributed by atoms with Crippen LogP contribution in [0.1, 0.15) is 26.2 Å². The molecular weight excluding hydrogens is 268 g/mol. The SMILES string of the molecule is C[C@]1(CO)CCC[C@H]1Nc1ccc([N+](=O)[O-])cc1Cl. The van der Waals surface area contributed by atoms with Crippen LogP contribution in [0.4, 0.5) is 11.4 Å². The first-order valence-corrected chi connectivity index (χ1v) is 6.65. The number of nitrogens with one attached hydrogen (secondary N) is 1. The molecule has 1 aromatic carbocycles. The van der Waals surface area contributed by atoms with Gasteiger partial charge in [-0.25, -0.2) is 0 Å². The second-order valence-corrected chi connectivity index (χ2v) is 5.73. The van der Waals surface area contributed by atoms with Crippen LogP contribution in [0.15, 0.2) is 18.2 Å². The van der Waals surface area contributed by atoms with Crippen molar-refractivity contribution >= 4 is 23.0 Å². The van der Waals surface area contributed by atoms with Gasteiger partial charge in [0.05, 0.1) is 22.2 Å². The second-order valence-electron chi connectivity index (χ2n) is 5.32. The Bertz CT molecular complexity index is 495. The molecule has 0 saturated heterocycles. The Kier molecular flexibility index (Phi) is 3.96. The monoisotopic (exact) mass is 284 g/mol. The average Bonchev–Trinajstić information content (AvgIpc) is 2.74. The van der Waals surface area contributed by atoms with E-state index in [9.17, 15) is 15.2 Å². The van der Waals surface area contributed by atoms with Crippen LogP contribution in [0.2, 0.25) is 5.02 Å². The lowest BCUT2D eigenvalue weighted by Crippen LogP contribution is -2.36. The number of aliphatic hydroxyl groups excluding tert-OH is 1. The molecule has 1 fully saturated rings. The minimum atomic E-state index is -0.469. The third-order valence-corrected chi connectivity index (χ3v) is 4.25. The number of aliphatic hydroxyl groups is 1. The van der Waals surface area contributed by atoms with Gasteiger partial charge in [0.2, 0.25) is 0 Å². The van der Waals surface area contributed by atoms with Gasteiger partial charge < -0.3 is 10.4 Å². The third-order valence-electron chi connectivity index (χ3n) is 3.94. The van der Waals surface area contributed by atoms with Crippen LogP contribution in [-0.4, -0.2) is 22.7 Å². The summed E-state index contributed by atoms with van der Waals surface area (Å²) < 4.78 is 0. The van der Waals surface area contributed by atoms with Crippen molar-refractivity contribution in [3.8, 4) is 0 Å². The number of halogens is 1. The van der Waals surface area contributed by atoms with E-state index in [1.54, 1.807) is 6.07 Å². The summed E-state index contributed by atoms with van der Waals surface area (Å²) in [5.74, 6) is 0. The molecule has 0 spiro atoms. The van der Waals surface area contributed by atoms with Gasteiger partial charge in [-0.2, -0.15) is 0 Å². The molecule has 2 N–H and O–H groups in total. The molecule has 0 unspecified atom stereocenters. The first-order chi connectivity index (χ1) is 8.96. The Morgan fingerprint density at radius 1 is 1.63 bits per heavy atom. The van der Waals surface area contributed by atoms with Gasteiger partial charge in [-0.3, -0.25) is 10.1 Å². The summed E-state index contributed by atoms with van der Waals surface area (Å²) in [5, 5.41) is 23.8. The summed E-state index contributed by atoms with van der Waals surface area (Å²) in [4.78, 5) is 10.2. The van der Waals surface area contributed by atoms with Gasteiger partial charge in [0.15, 0.2) is 0 Å². The molecule has 1 aliphatic rings. The number of non-ortho nitro benzene ring substituents is 1. The minimum absolute atomic E-state index is 0.0214. The number of nitro groups is 1. The van der Waals surface area contributed by atoms with Crippen LogP contribution < -0.4 is 5.32 Å². The standard InChI is InChI=1S/C13H17ClN2O3/c1-13(8-17)6-2-3-12(13)15-11-5-4-9(16(18)19)7-10(11)14/h4-5,7,12,15,17H,2-3,6,8H2,1H3/t12-,13-/m1/s1. The van der Waals surface area contributed by atoms with Crippen molar-refractivity contribution in [2.75, 3.05) is 11.9 Å². The van der Waals surface area contributed by atoms with Gasteiger partial charge in [0.25, 0.3) is 5.69 Å².